The van der Waals surface area contributed by atoms with Crippen molar-refractivity contribution in [3.05, 3.63) is 0 Å². The second kappa shape index (κ2) is 4.70. The zero-order valence-electron chi connectivity index (χ0n) is 8.10. The molecule has 1 N–H and O–H groups in total. The molecule has 1 aliphatic heterocycles. The van der Waals surface area contributed by atoms with Crippen LogP contribution in [0.15, 0.2) is 0 Å². The molecule has 0 unspecified atom stereocenters. The Bertz CT molecular complexity index is 313. The highest BCUT2D eigenvalue weighted by molar-refractivity contribution is 7.87. The fourth-order valence-corrected chi connectivity index (χ4v) is 2.26. The monoisotopic (exact) mass is 218 g/mol. The van der Waals surface area contributed by atoms with Crippen molar-refractivity contribution >= 4 is 10.2 Å². The lowest BCUT2D eigenvalue weighted by Crippen LogP contribution is -2.51. The van der Waals surface area contributed by atoms with Gasteiger partial charge in [-0.2, -0.15) is 18.0 Å². The Balaban J connectivity index is 2.48. The van der Waals surface area contributed by atoms with Gasteiger partial charge in [-0.3, -0.25) is 4.90 Å². The van der Waals surface area contributed by atoms with Crippen molar-refractivity contribution in [3.8, 4) is 6.07 Å². The lowest BCUT2D eigenvalue weighted by atomic mass is 10.4. The highest BCUT2D eigenvalue weighted by Crippen LogP contribution is 2.04. The summed E-state index contributed by atoms with van der Waals surface area (Å²) in [6.07, 6.45) is 0. The summed E-state index contributed by atoms with van der Waals surface area (Å²) < 4.78 is 26.4. The van der Waals surface area contributed by atoms with Crippen LogP contribution in [-0.4, -0.2) is 57.4 Å². The molecule has 0 aromatic rings. The first kappa shape index (κ1) is 11.4. The third-order valence-electron chi connectivity index (χ3n) is 2.22. The molecule has 0 radical (unpaired) electrons. The molecule has 0 aromatic carbocycles. The third-order valence-corrected chi connectivity index (χ3v) is 3.78. The normalized spacial score (nSPS) is 20.6. The van der Waals surface area contributed by atoms with Crippen LogP contribution in [0.1, 0.15) is 0 Å². The number of piperazine rings is 1. The minimum Gasteiger partial charge on any atom is -0.288 e. The average Bonchev–Trinajstić information content (AvgIpc) is 2.19. The van der Waals surface area contributed by atoms with Gasteiger partial charge in [0.15, 0.2) is 0 Å². The van der Waals surface area contributed by atoms with Crippen molar-refractivity contribution < 1.29 is 8.42 Å². The molecule has 6 nitrogen and oxygen atoms in total. The number of hydrogen-bond acceptors (Lipinski definition) is 4. The van der Waals surface area contributed by atoms with Crippen molar-refractivity contribution in [1.82, 2.24) is 13.9 Å². The molecule has 1 heterocycles. The molecule has 0 aromatic heterocycles. The highest BCUT2D eigenvalue weighted by Gasteiger charge is 2.24. The summed E-state index contributed by atoms with van der Waals surface area (Å²) in [7, 11) is -1.89. The van der Waals surface area contributed by atoms with E-state index < -0.39 is 10.2 Å². The van der Waals surface area contributed by atoms with Crippen LogP contribution < -0.4 is 4.72 Å². The smallest absolute Gasteiger partial charge is 0.279 e. The van der Waals surface area contributed by atoms with E-state index in [0.29, 0.717) is 32.7 Å². The van der Waals surface area contributed by atoms with Crippen LogP contribution in [0, 0.1) is 11.3 Å². The van der Waals surface area contributed by atoms with Gasteiger partial charge in [-0.1, -0.05) is 0 Å². The van der Waals surface area contributed by atoms with Crippen LogP contribution >= 0.6 is 0 Å². The molecule has 14 heavy (non-hydrogen) atoms. The van der Waals surface area contributed by atoms with Gasteiger partial charge in [0.1, 0.15) is 0 Å². The van der Waals surface area contributed by atoms with Crippen LogP contribution in [-0.2, 0) is 10.2 Å². The summed E-state index contributed by atoms with van der Waals surface area (Å²) in [4.78, 5) is 1.93. The Hall–Kier alpha value is -0.680. The molecule has 1 fully saturated rings. The van der Waals surface area contributed by atoms with Gasteiger partial charge in [0.25, 0.3) is 10.2 Å². The number of hydrogen-bond donors (Lipinski definition) is 1. The first-order chi connectivity index (χ1) is 6.60. The molecular weight excluding hydrogens is 204 g/mol. The fraction of sp³-hybridized carbons (Fsp3) is 0.857. The van der Waals surface area contributed by atoms with Crippen LogP contribution in [0.3, 0.4) is 0 Å². The quantitative estimate of drug-likeness (QED) is 0.591. The number of nitrogens with zero attached hydrogens (tertiary/aromatic N) is 3. The van der Waals surface area contributed by atoms with Crippen LogP contribution in [0.2, 0.25) is 0 Å². The van der Waals surface area contributed by atoms with Crippen molar-refractivity contribution in [2.75, 3.05) is 39.8 Å². The van der Waals surface area contributed by atoms with E-state index in [1.54, 1.807) is 0 Å². The summed E-state index contributed by atoms with van der Waals surface area (Å²) >= 11 is 0. The Morgan fingerprint density at radius 2 is 1.93 bits per heavy atom. The molecular formula is C7H14N4O2S. The zero-order valence-corrected chi connectivity index (χ0v) is 8.92. The minimum absolute atomic E-state index is 0.368. The third kappa shape index (κ3) is 2.65. The second-order valence-electron chi connectivity index (χ2n) is 3.04. The van der Waals surface area contributed by atoms with Gasteiger partial charge in [-0.05, 0) is 0 Å². The van der Waals surface area contributed by atoms with Crippen molar-refractivity contribution in [3.63, 3.8) is 0 Å². The standard InChI is InChI=1S/C7H14N4O2S/c1-9-14(12,13)11-6-4-10(3-2-8)5-7-11/h9H,3-7H2,1H3. The summed E-state index contributed by atoms with van der Waals surface area (Å²) in [5, 5.41) is 8.45. The van der Waals surface area contributed by atoms with E-state index in [4.69, 9.17) is 5.26 Å². The van der Waals surface area contributed by atoms with Gasteiger partial charge < -0.3 is 0 Å². The van der Waals surface area contributed by atoms with Gasteiger partial charge in [-0.15, -0.1) is 0 Å². The molecule has 1 aliphatic rings. The van der Waals surface area contributed by atoms with E-state index in [0.717, 1.165) is 0 Å². The largest absolute Gasteiger partial charge is 0.288 e. The Labute approximate surface area is 84.3 Å². The first-order valence-electron chi connectivity index (χ1n) is 4.38. The van der Waals surface area contributed by atoms with E-state index in [-0.39, 0.29) is 0 Å². The van der Waals surface area contributed by atoms with Gasteiger partial charge in [0, 0.05) is 33.2 Å². The second-order valence-corrected chi connectivity index (χ2v) is 4.92. The topological polar surface area (TPSA) is 76.4 Å². The maximum absolute atomic E-state index is 11.4. The first-order valence-corrected chi connectivity index (χ1v) is 5.82. The Morgan fingerprint density at radius 1 is 1.36 bits per heavy atom. The van der Waals surface area contributed by atoms with Gasteiger partial charge >= 0.3 is 0 Å². The van der Waals surface area contributed by atoms with Crippen LogP contribution in [0.4, 0.5) is 0 Å². The number of nitriles is 1. The van der Waals surface area contributed by atoms with Crippen molar-refractivity contribution in [1.29, 1.82) is 5.26 Å². The van der Waals surface area contributed by atoms with Gasteiger partial charge in [0.05, 0.1) is 12.6 Å². The predicted molar refractivity (Wildman–Crippen MR) is 51.6 cm³/mol. The van der Waals surface area contributed by atoms with Crippen LogP contribution in [0.5, 0.6) is 0 Å². The summed E-state index contributed by atoms with van der Waals surface area (Å²) in [6.45, 7) is 2.51. The maximum Gasteiger partial charge on any atom is 0.279 e. The number of rotatable bonds is 3. The molecule has 0 spiro atoms. The van der Waals surface area contributed by atoms with Gasteiger partial charge in [0.2, 0.25) is 0 Å². The summed E-state index contributed by atoms with van der Waals surface area (Å²) in [6, 6.07) is 2.05. The Kier molecular flexibility index (Phi) is 3.83. The van der Waals surface area contributed by atoms with Gasteiger partial charge in [-0.25, -0.2) is 4.72 Å². The summed E-state index contributed by atoms with van der Waals surface area (Å²) in [5.74, 6) is 0. The van der Waals surface area contributed by atoms with Crippen molar-refractivity contribution in [2.24, 2.45) is 0 Å². The fourth-order valence-electron chi connectivity index (χ4n) is 1.36. The zero-order chi connectivity index (χ0) is 10.6. The van der Waals surface area contributed by atoms with Crippen LogP contribution in [0.25, 0.3) is 0 Å². The van der Waals surface area contributed by atoms with Crippen molar-refractivity contribution in [2.45, 2.75) is 0 Å². The molecule has 7 heteroatoms. The molecule has 0 saturated carbocycles. The lowest BCUT2D eigenvalue weighted by molar-refractivity contribution is 0.205. The van der Waals surface area contributed by atoms with E-state index in [9.17, 15) is 8.42 Å². The average molecular weight is 218 g/mol. The maximum atomic E-state index is 11.4. The molecule has 1 saturated heterocycles. The predicted octanol–water partition coefficient (Wildman–Crippen LogP) is -1.41. The lowest BCUT2D eigenvalue weighted by Gasteiger charge is -2.32. The molecule has 0 aliphatic carbocycles. The Morgan fingerprint density at radius 3 is 2.36 bits per heavy atom. The SMILES string of the molecule is CNS(=O)(=O)N1CCN(CC#N)CC1. The molecule has 80 valence electrons. The molecule has 0 amide bonds. The molecule has 0 atom stereocenters. The highest BCUT2D eigenvalue weighted by atomic mass is 32.2. The molecule has 0 bridgehead atoms. The van der Waals surface area contributed by atoms with E-state index in [1.807, 2.05) is 11.0 Å². The summed E-state index contributed by atoms with van der Waals surface area (Å²) in [5.41, 5.74) is 0. The number of nitrogens with one attached hydrogen (secondary N) is 1. The van der Waals surface area contributed by atoms with E-state index in [1.165, 1.54) is 11.4 Å². The van der Waals surface area contributed by atoms with E-state index in [2.05, 4.69) is 4.72 Å². The minimum atomic E-state index is -3.29. The molecule has 1 rings (SSSR count). The van der Waals surface area contributed by atoms with E-state index >= 15 is 0 Å².